The number of aryl methyl sites for hydroxylation is 1. The van der Waals surface area contributed by atoms with Crippen LogP contribution < -0.4 is 5.32 Å². The summed E-state index contributed by atoms with van der Waals surface area (Å²) in [6.07, 6.45) is 1.70. The lowest BCUT2D eigenvalue weighted by molar-refractivity contribution is 0.0892. The van der Waals surface area contributed by atoms with Crippen molar-refractivity contribution in [2.75, 3.05) is 13.7 Å². The number of aromatic nitrogens is 2. The summed E-state index contributed by atoms with van der Waals surface area (Å²) in [6, 6.07) is 12.6. The van der Waals surface area contributed by atoms with Crippen molar-refractivity contribution in [2.24, 2.45) is 7.05 Å². The monoisotopic (exact) mass is 379 g/mol. The van der Waals surface area contributed by atoms with E-state index >= 15 is 0 Å². The number of aromatic hydroxyl groups is 1. The van der Waals surface area contributed by atoms with Gasteiger partial charge in [-0.15, -0.1) is 0 Å². The molecule has 0 unspecified atom stereocenters. The summed E-state index contributed by atoms with van der Waals surface area (Å²) in [7, 11) is 3.44. The first kappa shape index (κ1) is 19.6. The molecule has 1 aromatic heterocycles. The molecule has 0 fully saturated rings. The molecule has 1 heterocycles. The van der Waals surface area contributed by atoms with Gasteiger partial charge in [-0.2, -0.15) is 5.10 Å². The smallest absolute Gasteiger partial charge is 0.251 e. The van der Waals surface area contributed by atoms with Crippen molar-refractivity contribution in [3.8, 4) is 16.9 Å². The Morgan fingerprint density at radius 3 is 2.46 bits per heavy atom. The van der Waals surface area contributed by atoms with Crippen LogP contribution in [0.5, 0.6) is 5.75 Å². The average molecular weight is 379 g/mol. The Morgan fingerprint density at radius 1 is 1.14 bits per heavy atom. The lowest BCUT2D eigenvalue weighted by Gasteiger charge is -2.18. The van der Waals surface area contributed by atoms with Gasteiger partial charge < -0.3 is 15.2 Å². The highest BCUT2D eigenvalue weighted by Gasteiger charge is 2.18. The number of nitrogens with zero attached hydrogens (tertiary/aromatic N) is 2. The van der Waals surface area contributed by atoms with Gasteiger partial charge in [0.05, 0.1) is 18.3 Å². The Kier molecular flexibility index (Phi) is 5.80. The van der Waals surface area contributed by atoms with Gasteiger partial charge in [0.2, 0.25) is 0 Å². The van der Waals surface area contributed by atoms with Crippen LogP contribution in [-0.4, -0.2) is 34.5 Å². The number of phenolic OH excluding ortho intramolecular Hbond substituents is 1. The molecule has 0 bridgehead atoms. The summed E-state index contributed by atoms with van der Waals surface area (Å²) in [5.41, 5.74) is 5.36. The highest BCUT2D eigenvalue weighted by atomic mass is 16.5. The molecule has 0 saturated heterocycles. The fourth-order valence-corrected chi connectivity index (χ4v) is 3.26. The number of phenols is 1. The second-order valence-electron chi connectivity index (χ2n) is 6.82. The van der Waals surface area contributed by atoms with Crippen molar-refractivity contribution in [2.45, 2.75) is 19.9 Å². The fourth-order valence-electron chi connectivity index (χ4n) is 3.26. The molecule has 0 aliphatic carbocycles. The van der Waals surface area contributed by atoms with Crippen molar-refractivity contribution >= 4 is 5.91 Å². The molecule has 2 N–H and O–H groups in total. The number of amides is 1. The molecular formula is C22H25N3O3. The van der Waals surface area contributed by atoms with E-state index in [1.165, 1.54) is 0 Å². The Balaban J connectivity index is 1.80. The Labute approximate surface area is 164 Å². The van der Waals surface area contributed by atoms with Crippen LogP contribution in [0.15, 0.2) is 48.7 Å². The molecule has 2 aromatic carbocycles. The number of carbonyl (C=O) groups excluding carboxylic acids is 1. The first-order valence-electron chi connectivity index (χ1n) is 9.09. The maximum atomic E-state index is 12.7. The molecule has 3 aromatic rings. The largest absolute Gasteiger partial charge is 0.508 e. The Hall–Kier alpha value is -3.12. The molecule has 0 aliphatic heterocycles. The quantitative estimate of drug-likeness (QED) is 0.687. The lowest BCUT2D eigenvalue weighted by atomic mass is 9.95. The minimum atomic E-state index is -0.285. The minimum Gasteiger partial charge on any atom is -0.508 e. The van der Waals surface area contributed by atoms with Gasteiger partial charge in [-0.25, -0.2) is 0 Å². The second kappa shape index (κ2) is 8.27. The fraction of sp³-hybridized carbons (Fsp3) is 0.273. The zero-order valence-corrected chi connectivity index (χ0v) is 16.6. The topological polar surface area (TPSA) is 76.4 Å². The number of nitrogens with one attached hydrogen (secondary N) is 1. The van der Waals surface area contributed by atoms with Crippen LogP contribution in [0.25, 0.3) is 11.1 Å². The van der Waals surface area contributed by atoms with Gasteiger partial charge in [-0.1, -0.05) is 18.2 Å². The summed E-state index contributed by atoms with van der Waals surface area (Å²) < 4.78 is 6.98. The first-order chi connectivity index (χ1) is 13.4. The number of hydrogen-bond acceptors (Lipinski definition) is 4. The molecule has 0 radical (unpaired) electrons. The van der Waals surface area contributed by atoms with Crippen molar-refractivity contribution in [3.63, 3.8) is 0 Å². The van der Waals surface area contributed by atoms with E-state index in [0.717, 1.165) is 27.9 Å². The molecule has 1 atom stereocenters. The highest BCUT2D eigenvalue weighted by molar-refractivity contribution is 5.95. The van der Waals surface area contributed by atoms with Crippen molar-refractivity contribution in [1.29, 1.82) is 0 Å². The Morgan fingerprint density at radius 2 is 1.86 bits per heavy atom. The molecule has 6 heteroatoms. The third kappa shape index (κ3) is 3.92. The minimum absolute atomic E-state index is 0.173. The van der Waals surface area contributed by atoms with Crippen molar-refractivity contribution in [1.82, 2.24) is 15.1 Å². The molecule has 0 aliphatic rings. The van der Waals surface area contributed by atoms with Crippen LogP contribution in [0, 0.1) is 13.8 Å². The predicted molar refractivity (Wildman–Crippen MR) is 108 cm³/mol. The molecule has 0 saturated carbocycles. The molecule has 146 valence electrons. The van der Waals surface area contributed by atoms with Crippen LogP contribution in [0.2, 0.25) is 0 Å². The summed E-state index contributed by atoms with van der Waals surface area (Å²) in [4.78, 5) is 12.7. The van der Waals surface area contributed by atoms with E-state index in [1.807, 2.05) is 45.2 Å². The van der Waals surface area contributed by atoms with Crippen molar-refractivity contribution in [3.05, 3.63) is 71.0 Å². The molecule has 0 spiro atoms. The maximum Gasteiger partial charge on any atom is 0.251 e. The molecule has 28 heavy (non-hydrogen) atoms. The number of ether oxygens (including phenoxy) is 1. The van der Waals surface area contributed by atoms with E-state index in [-0.39, 0.29) is 17.7 Å². The Bertz CT molecular complexity index is 977. The summed E-state index contributed by atoms with van der Waals surface area (Å²) in [5.74, 6) is 0.116. The predicted octanol–water partition coefficient (Wildman–Crippen LogP) is 3.53. The summed E-state index contributed by atoms with van der Waals surface area (Å²) in [5, 5.41) is 17.0. The van der Waals surface area contributed by atoms with E-state index < -0.39 is 0 Å². The third-order valence-corrected chi connectivity index (χ3v) is 5.07. The van der Waals surface area contributed by atoms with Gasteiger partial charge in [-0.05, 0) is 60.4 Å². The highest BCUT2D eigenvalue weighted by Crippen LogP contribution is 2.30. The SMILES string of the molecule is COC[C@H](NC(=O)c1ccc(-c2ccc(O)c(C)c2C)cc1)c1ccnn1C. The molecule has 6 nitrogen and oxygen atoms in total. The number of rotatable bonds is 6. The summed E-state index contributed by atoms with van der Waals surface area (Å²) >= 11 is 0. The van der Waals surface area contributed by atoms with Crippen LogP contribution in [0.3, 0.4) is 0 Å². The van der Waals surface area contributed by atoms with Gasteiger partial charge in [0.15, 0.2) is 0 Å². The molecule has 3 rings (SSSR count). The zero-order chi connectivity index (χ0) is 20.3. The standard InChI is InChI=1S/C22H25N3O3/c1-14-15(2)21(26)10-9-18(14)16-5-7-17(8-6-16)22(27)24-19(13-28-4)20-11-12-23-25(20)3/h5-12,19,26H,13H2,1-4H3,(H,24,27)/t19-/m0/s1. The van der Waals surface area contributed by atoms with Crippen LogP contribution in [0.1, 0.15) is 33.2 Å². The van der Waals surface area contributed by atoms with Gasteiger partial charge in [-0.3, -0.25) is 9.48 Å². The number of methoxy groups -OCH3 is 1. The van der Waals surface area contributed by atoms with Crippen LogP contribution in [0.4, 0.5) is 0 Å². The third-order valence-electron chi connectivity index (χ3n) is 5.07. The van der Waals surface area contributed by atoms with Gasteiger partial charge >= 0.3 is 0 Å². The number of benzene rings is 2. The normalized spacial score (nSPS) is 12.0. The average Bonchev–Trinajstić information content (AvgIpc) is 3.12. The van der Waals surface area contributed by atoms with Crippen LogP contribution in [-0.2, 0) is 11.8 Å². The summed E-state index contributed by atoms with van der Waals surface area (Å²) in [6.45, 7) is 4.23. The number of carbonyl (C=O) groups is 1. The zero-order valence-electron chi connectivity index (χ0n) is 16.6. The van der Waals surface area contributed by atoms with Crippen LogP contribution >= 0.6 is 0 Å². The maximum absolute atomic E-state index is 12.7. The van der Waals surface area contributed by atoms with E-state index in [4.69, 9.17) is 4.74 Å². The van der Waals surface area contributed by atoms with E-state index in [9.17, 15) is 9.90 Å². The number of hydrogen-bond donors (Lipinski definition) is 2. The molecule has 1 amide bonds. The molecular weight excluding hydrogens is 354 g/mol. The van der Waals surface area contributed by atoms with Crippen molar-refractivity contribution < 1.29 is 14.6 Å². The van der Waals surface area contributed by atoms with E-state index in [0.29, 0.717) is 12.2 Å². The van der Waals surface area contributed by atoms with Gasteiger partial charge in [0, 0.05) is 25.9 Å². The first-order valence-corrected chi connectivity index (χ1v) is 9.09. The van der Waals surface area contributed by atoms with Gasteiger partial charge in [0.1, 0.15) is 5.75 Å². The van der Waals surface area contributed by atoms with Gasteiger partial charge in [0.25, 0.3) is 5.91 Å². The second-order valence-corrected chi connectivity index (χ2v) is 6.82. The van der Waals surface area contributed by atoms with E-state index in [2.05, 4.69) is 10.4 Å². The lowest BCUT2D eigenvalue weighted by Crippen LogP contribution is -2.32. The van der Waals surface area contributed by atoms with E-state index in [1.54, 1.807) is 36.2 Å².